The van der Waals surface area contributed by atoms with Crippen LogP contribution in [0.1, 0.15) is 47.7 Å². The lowest BCUT2D eigenvalue weighted by molar-refractivity contribution is -0.133. The maximum atomic E-state index is 12.3. The van der Waals surface area contributed by atoms with Crippen LogP contribution in [0.2, 0.25) is 0 Å². The number of rotatable bonds is 3. The van der Waals surface area contributed by atoms with Crippen LogP contribution in [0.5, 0.6) is 0 Å². The van der Waals surface area contributed by atoms with Gasteiger partial charge in [0.25, 0.3) is 5.91 Å². The molecular weight excluding hydrogens is 264 g/mol. The molecule has 1 N–H and O–H groups in total. The molecule has 21 heavy (non-hydrogen) atoms. The number of hydrogen-bond acceptors (Lipinski definition) is 2. The minimum atomic E-state index is -0.476. The van der Waals surface area contributed by atoms with Gasteiger partial charge in [0.05, 0.1) is 0 Å². The van der Waals surface area contributed by atoms with E-state index < -0.39 is 6.04 Å². The molecule has 1 atom stereocenters. The van der Waals surface area contributed by atoms with E-state index in [1.54, 1.807) is 6.92 Å². The first kappa shape index (κ1) is 15.5. The van der Waals surface area contributed by atoms with Gasteiger partial charge in [-0.3, -0.25) is 9.59 Å². The summed E-state index contributed by atoms with van der Waals surface area (Å²) < 4.78 is 0. The summed E-state index contributed by atoms with van der Waals surface area (Å²) in [5, 5.41) is 2.82. The number of aryl methyl sites for hydroxylation is 2. The molecule has 1 aliphatic rings. The number of nitrogens with one attached hydrogen (secondary N) is 1. The Hall–Kier alpha value is -1.84. The molecule has 0 aliphatic carbocycles. The Labute approximate surface area is 126 Å². The van der Waals surface area contributed by atoms with Gasteiger partial charge in [0.2, 0.25) is 5.91 Å². The maximum Gasteiger partial charge on any atom is 0.251 e. The third-order valence-corrected chi connectivity index (χ3v) is 3.87. The van der Waals surface area contributed by atoms with Gasteiger partial charge in [0, 0.05) is 18.7 Å². The first-order chi connectivity index (χ1) is 9.97. The van der Waals surface area contributed by atoms with Crippen molar-refractivity contribution in [2.24, 2.45) is 0 Å². The number of carbonyl (C=O) groups excluding carboxylic acids is 2. The Bertz CT molecular complexity index is 513. The number of benzene rings is 1. The maximum absolute atomic E-state index is 12.3. The van der Waals surface area contributed by atoms with Crippen LogP contribution in [0, 0.1) is 13.8 Å². The van der Waals surface area contributed by atoms with Crippen LogP contribution in [-0.2, 0) is 4.79 Å². The number of nitrogens with zero attached hydrogens (tertiary/aromatic N) is 1. The van der Waals surface area contributed by atoms with E-state index in [4.69, 9.17) is 0 Å². The number of likely N-dealkylation sites (tertiary alicyclic amines) is 1. The number of piperidine rings is 1. The van der Waals surface area contributed by atoms with Crippen molar-refractivity contribution >= 4 is 11.8 Å². The average molecular weight is 288 g/mol. The van der Waals surface area contributed by atoms with Crippen LogP contribution in [0.4, 0.5) is 0 Å². The summed E-state index contributed by atoms with van der Waals surface area (Å²) in [7, 11) is 0. The molecule has 1 aliphatic heterocycles. The molecule has 0 spiro atoms. The third-order valence-electron chi connectivity index (χ3n) is 3.87. The molecule has 1 aromatic carbocycles. The molecule has 4 nitrogen and oxygen atoms in total. The fraction of sp³-hybridized carbons (Fsp3) is 0.529. The van der Waals surface area contributed by atoms with E-state index in [1.807, 2.05) is 36.9 Å². The molecule has 1 unspecified atom stereocenters. The van der Waals surface area contributed by atoms with Gasteiger partial charge in [0.1, 0.15) is 6.04 Å². The quantitative estimate of drug-likeness (QED) is 0.928. The Balaban J connectivity index is 1.99. The Morgan fingerprint density at radius 3 is 2.19 bits per heavy atom. The lowest BCUT2D eigenvalue weighted by Crippen LogP contribution is -2.48. The number of hydrogen-bond donors (Lipinski definition) is 1. The highest BCUT2D eigenvalue weighted by Gasteiger charge is 2.23. The molecule has 1 heterocycles. The van der Waals surface area contributed by atoms with Gasteiger partial charge in [-0.1, -0.05) is 17.2 Å². The van der Waals surface area contributed by atoms with Crippen molar-refractivity contribution in [1.82, 2.24) is 10.2 Å². The topological polar surface area (TPSA) is 49.4 Å². The van der Waals surface area contributed by atoms with Crippen molar-refractivity contribution in [3.05, 3.63) is 34.9 Å². The van der Waals surface area contributed by atoms with E-state index in [9.17, 15) is 9.59 Å². The lowest BCUT2D eigenvalue weighted by Gasteiger charge is -2.29. The summed E-state index contributed by atoms with van der Waals surface area (Å²) in [6, 6.07) is 5.25. The molecule has 0 radical (unpaired) electrons. The van der Waals surface area contributed by atoms with Crippen LogP contribution >= 0.6 is 0 Å². The summed E-state index contributed by atoms with van der Waals surface area (Å²) in [4.78, 5) is 26.4. The standard InChI is InChI=1S/C17H24N2O2/c1-12-9-13(2)11-15(10-12)16(20)18-14(3)17(21)19-7-5-4-6-8-19/h9-11,14H,4-8H2,1-3H3,(H,18,20). The summed E-state index contributed by atoms with van der Waals surface area (Å²) in [6.07, 6.45) is 3.31. The smallest absolute Gasteiger partial charge is 0.251 e. The third kappa shape index (κ3) is 4.06. The molecule has 4 heteroatoms. The van der Waals surface area contributed by atoms with Crippen molar-refractivity contribution in [2.45, 2.75) is 46.1 Å². The van der Waals surface area contributed by atoms with Gasteiger partial charge in [0.15, 0.2) is 0 Å². The molecule has 2 rings (SSSR count). The first-order valence-corrected chi connectivity index (χ1v) is 7.65. The summed E-state index contributed by atoms with van der Waals surface area (Å²) in [5.74, 6) is -0.160. The van der Waals surface area contributed by atoms with Gasteiger partial charge >= 0.3 is 0 Å². The molecule has 1 saturated heterocycles. The van der Waals surface area contributed by atoms with E-state index in [0.29, 0.717) is 5.56 Å². The van der Waals surface area contributed by atoms with E-state index in [-0.39, 0.29) is 11.8 Å². The second-order valence-corrected chi connectivity index (χ2v) is 5.96. The predicted octanol–water partition coefficient (Wildman–Crippen LogP) is 2.43. The van der Waals surface area contributed by atoms with Gasteiger partial charge in [-0.05, 0) is 52.2 Å². The van der Waals surface area contributed by atoms with Crippen LogP contribution < -0.4 is 5.32 Å². The van der Waals surface area contributed by atoms with Gasteiger partial charge in [-0.2, -0.15) is 0 Å². The number of amides is 2. The van der Waals surface area contributed by atoms with E-state index in [2.05, 4.69) is 5.32 Å². The van der Waals surface area contributed by atoms with Crippen molar-refractivity contribution < 1.29 is 9.59 Å². The fourth-order valence-electron chi connectivity index (χ4n) is 2.84. The van der Waals surface area contributed by atoms with Crippen LogP contribution in [0.25, 0.3) is 0 Å². The van der Waals surface area contributed by atoms with Crippen molar-refractivity contribution in [2.75, 3.05) is 13.1 Å². The summed E-state index contributed by atoms with van der Waals surface area (Å²) >= 11 is 0. The van der Waals surface area contributed by atoms with E-state index in [0.717, 1.165) is 37.1 Å². The van der Waals surface area contributed by atoms with Crippen molar-refractivity contribution in [1.29, 1.82) is 0 Å². The average Bonchev–Trinajstić information content (AvgIpc) is 2.46. The van der Waals surface area contributed by atoms with E-state index >= 15 is 0 Å². The zero-order valence-electron chi connectivity index (χ0n) is 13.1. The zero-order chi connectivity index (χ0) is 15.4. The first-order valence-electron chi connectivity index (χ1n) is 7.65. The second kappa shape index (κ2) is 6.74. The highest BCUT2D eigenvalue weighted by atomic mass is 16.2. The Kier molecular flexibility index (Phi) is 4.99. The van der Waals surface area contributed by atoms with Crippen molar-refractivity contribution in [3.8, 4) is 0 Å². The zero-order valence-corrected chi connectivity index (χ0v) is 13.1. The minimum absolute atomic E-state index is 0.0208. The fourth-order valence-corrected chi connectivity index (χ4v) is 2.84. The highest BCUT2D eigenvalue weighted by Crippen LogP contribution is 2.11. The predicted molar refractivity (Wildman–Crippen MR) is 83.3 cm³/mol. The minimum Gasteiger partial charge on any atom is -0.341 e. The largest absolute Gasteiger partial charge is 0.341 e. The van der Waals surface area contributed by atoms with Crippen molar-refractivity contribution in [3.63, 3.8) is 0 Å². The molecule has 0 saturated carbocycles. The number of carbonyl (C=O) groups is 2. The van der Waals surface area contributed by atoms with Gasteiger partial charge < -0.3 is 10.2 Å². The molecule has 1 fully saturated rings. The van der Waals surface area contributed by atoms with Crippen LogP contribution in [0.15, 0.2) is 18.2 Å². The summed E-state index contributed by atoms with van der Waals surface area (Å²) in [6.45, 7) is 7.31. The Morgan fingerprint density at radius 1 is 1.05 bits per heavy atom. The molecule has 0 aromatic heterocycles. The van der Waals surface area contributed by atoms with Gasteiger partial charge in [-0.25, -0.2) is 0 Å². The van der Waals surface area contributed by atoms with Gasteiger partial charge in [-0.15, -0.1) is 0 Å². The molecule has 1 aromatic rings. The lowest BCUT2D eigenvalue weighted by atomic mass is 10.1. The normalized spacial score (nSPS) is 16.4. The monoisotopic (exact) mass is 288 g/mol. The molecule has 0 bridgehead atoms. The Morgan fingerprint density at radius 2 is 1.62 bits per heavy atom. The van der Waals surface area contributed by atoms with Crippen LogP contribution in [-0.4, -0.2) is 35.8 Å². The van der Waals surface area contributed by atoms with Crippen LogP contribution in [0.3, 0.4) is 0 Å². The second-order valence-electron chi connectivity index (χ2n) is 5.96. The SMILES string of the molecule is Cc1cc(C)cc(C(=O)NC(C)C(=O)N2CCCCC2)c1. The molecular formula is C17H24N2O2. The summed E-state index contributed by atoms with van der Waals surface area (Å²) in [5.41, 5.74) is 2.72. The molecule has 2 amide bonds. The van der Waals surface area contributed by atoms with E-state index in [1.165, 1.54) is 6.42 Å². The highest BCUT2D eigenvalue weighted by molar-refractivity contribution is 5.97. The molecule has 114 valence electrons.